The third-order valence-electron chi connectivity index (χ3n) is 8.32. The summed E-state index contributed by atoms with van der Waals surface area (Å²) in [5, 5.41) is 10.2. The second-order valence-corrected chi connectivity index (χ2v) is 15.4. The van der Waals surface area contributed by atoms with Crippen LogP contribution in [0.2, 0.25) is 0 Å². The highest BCUT2D eigenvalue weighted by Gasteiger charge is 2.28. The number of nitrogens with zero attached hydrogens (tertiary/aromatic N) is 2. The summed E-state index contributed by atoms with van der Waals surface area (Å²) in [6, 6.07) is 61.7. The first-order chi connectivity index (χ1) is 22.9. The van der Waals surface area contributed by atoms with E-state index >= 15 is 0 Å². The highest BCUT2D eigenvalue weighted by molar-refractivity contribution is 7.80. The Bertz CT molecular complexity index is 2010. The van der Waals surface area contributed by atoms with Crippen LogP contribution in [0.3, 0.4) is 0 Å². The van der Waals surface area contributed by atoms with E-state index in [4.69, 9.17) is 9.97 Å². The largest absolute Gasteiger partial charge is 0.256 e. The number of aromatic nitrogens is 2. The van der Waals surface area contributed by atoms with Crippen molar-refractivity contribution in [2.75, 3.05) is 0 Å². The van der Waals surface area contributed by atoms with Gasteiger partial charge in [0.25, 0.3) is 0 Å². The van der Waals surface area contributed by atoms with Crippen molar-refractivity contribution in [1.29, 1.82) is 0 Å². The fraction of sp³-hybridized carbons (Fsp3) is 0. The Labute approximate surface area is 272 Å². The third-order valence-corrected chi connectivity index (χ3v) is 13.3. The lowest BCUT2D eigenvalue weighted by Crippen LogP contribution is -2.26. The molecule has 8 rings (SSSR count). The predicted molar refractivity (Wildman–Crippen MR) is 200 cm³/mol. The molecule has 0 bridgehead atoms. The Kier molecular flexibility index (Phi) is 7.91. The van der Waals surface area contributed by atoms with Crippen LogP contribution >= 0.6 is 15.8 Å². The maximum atomic E-state index is 4.88. The first-order valence-electron chi connectivity index (χ1n) is 15.4. The van der Waals surface area contributed by atoms with Gasteiger partial charge in [0.2, 0.25) is 0 Å². The van der Waals surface area contributed by atoms with Crippen molar-refractivity contribution in [2.24, 2.45) is 0 Å². The molecule has 8 aromatic rings. The van der Waals surface area contributed by atoms with E-state index in [2.05, 4.69) is 170 Å². The zero-order chi connectivity index (χ0) is 30.7. The maximum absolute atomic E-state index is 4.88. The van der Waals surface area contributed by atoms with Crippen LogP contribution in [0.4, 0.5) is 0 Å². The number of benzene rings is 6. The van der Waals surface area contributed by atoms with E-state index in [1.165, 1.54) is 43.0 Å². The van der Waals surface area contributed by atoms with E-state index in [-0.39, 0.29) is 0 Å². The van der Waals surface area contributed by atoms with Gasteiger partial charge < -0.3 is 0 Å². The number of hydrogen-bond donors (Lipinski definition) is 0. The minimum atomic E-state index is -0.900. The van der Waals surface area contributed by atoms with Gasteiger partial charge in [0.1, 0.15) is 0 Å². The fourth-order valence-corrected chi connectivity index (χ4v) is 11.3. The Morgan fingerprint density at radius 1 is 0.304 bits per heavy atom. The van der Waals surface area contributed by atoms with Gasteiger partial charge in [0.05, 0.1) is 11.0 Å². The molecule has 46 heavy (non-hydrogen) atoms. The van der Waals surface area contributed by atoms with Crippen LogP contribution < -0.4 is 31.8 Å². The normalized spacial score (nSPS) is 11.4. The lowest BCUT2D eigenvalue weighted by atomic mass is 9.96. The second kappa shape index (κ2) is 12.8. The van der Waals surface area contributed by atoms with Gasteiger partial charge in [0.15, 0.2) is 0 Å². The molecule has 0 aliphatic heterocycles. The zero-order valence-corrected chi connectivity index (χ0v) is 26.9. The summed E-state index contributed by atoms with van der Waals surface area (Å²) in [7, 11) is -1.80. The molecule has 0 N–H and O–H groups in total. The second-order valence-electron chi connectivity index (χ2n) is 11.1. The SMILES string of the molecule is c1ccc(P(c2ccccc2)c2ccc3ncccc3c2-c2c(P(c3ccccc3)c3ccccc3)ccc3ncccc23)cc1. The minimum Gasteiger partial charge on any atom is -0.256 e. The quantitative estimate of drug-likeness (QED) is 0.168. The highest BCUT2D eigenvalue weighted by atomic mass is 31.1. The summed E-state index contributed by atoms with van der Waals surface area (Å²) in [6.07, 6.45) is 3.80. The van der Waals surface area contributed by atoms with E-state index in [0.717, 1.165) is 21.8 Å². The van der Waals surface area contributed by atoms with Gasteiger partial charge in [0, 0.05) is 34.3 Å². The molecular formula is C42H30N2P2. The number of rotatable bonds is 7. The molecule has 4 heteroatoms. The van der Waals surface area contributed by atoms with Gasteiger partial charge in [-0.2, -0.15) is 0 Å². The van der Waals surface area contributed by atoms with Gasteiger partial charge in [-0.1, -0.05) is 146 Å². The molecular weight excluding hydrogens is 594 g/mol. The fourth-order valence-electron chi connectivity index (χ4n) is 6.34. The number of hydrogen-bond acceptors (Lipinski definition) is 2. The molecule has 218 valence electrons. The molecule has 0 saturated heterocycles. The van der Waals surface area contributed by atoms with Crippen LogP contribution in [0, 0.1) is 0 Å². The van der Waals surface area contributed by atoms with Crippen LogP contribution in [0.5, 0.6) is 0 Å². The average molecular weight is 625 g/mol. The number of pyridine rings is 2. The molecule has 0 spiro atoms. The Hall–Kier alpha value is -5.00. The van der Waals surface area contributed by atoms with Gasteiger partial charge >= 0.3 is 0 Å². The Morgan fingerprint density at radius 3 is 0.957 bits per heavy atom. The summed E-state index contributed by atoms with van der Waals surface area (Å²) in [5.74, 6) is 0. The predicted octanol–water partition coefficient (Wildman–Crippen LogP) is 7.97. The van der Waals surface area contributed by atoms with E-state index in [9.17, 15) is 0 Å². The lowest BCUT2D eigenvalue weighted by Gasteiger charge is -2.28. The molecule has 0 aliphatic carbocycles. The zero-order valence-electron chi connectivity index (χ0n) is 25.1. The molecule has 6 aromatic carbocycles. The molecule has 0 fully saturated rings. The summed E-state index contributed by atoms with van der Waals surface area (Å²) >= 11 is 0. The smallest absolute Gasteiger partial charge is 0.0708 e. The molecule has 0 radical (unpaired) electrons. The van der Waals surface area contributed by atoms with Crippen molar-refractivity contribution >= 4 is 69.5 Å². The maximum Gasteiger partial charge on any atom is 0.0708 e. The minimum absolute atomic E-state index is 0.900. The topological polar surface area (TPSA) is 25.8 Å². The van der Waals surface area contributed by atoms with E-state index in [1.807, 2.05) is 12.4 Å². The molecule has 0 aliphatic rings. The highest BCUT2D eigenvalue weighted by Crippen LogP contribution is 2.45. The Balaban J connectivity index is 1.53. The van der Waals surface area contributed by atoms with Crippen molar-refractivity contribution in [2.45, 2.75) is 0 Å². The number of fused-ring (bicyclic) bond motifs is 2. The van der Waals surface area contributed by atoms with Crippen molar-refractivity contribution in [1.82, 2.24) is 9.97 Å². The summed E-state index contributed by atoms with van der Waals surface area (Å²) in [6.45, 7) is 0. The summed E-state index contributed by atoms with van der Waals surface area (Å²) in [5.41, 5.74) is 4.48. The molecule has 0 amide bonds. The summed E-state index contributed by atoms with van der Waals surface area (Å²) < 4.78 is 0. The van der Waals surface area contributed by atoms with E-state index < -0.39 is 15.8 Å². The average Bonchev–Trinajstić information content (AvgIpc) is 3.14. The van der Waals surface area contributed by atoms with Crippen LogP contribution in [-0.2, 0) is 0 Å². The van der Waals surface area contributed by atoms with Gasteiger partial charge in [-0.3, -0.25) is 9.97 Å². The van der Waals surface area contributed by atoms with Crippen LogP contribution in [-0.4, -0.2) is 9.97 Å². The van der Waals surface area contributed by atoms with E-state index in [0.29, 0.717) is 0 Å². The third kappa shape index (κ3) is 5.31. The van der Waals surface area contributed by atoms with Crippen molar-refractivity contribution < 1.29 is 0 Å². The first-order valence-corrected chi connectivity index (χ1v) is 18.1. The molecule has 0 unspecified atom stereocenters. The molecule has 2 nitrogen and oxygen atoms in total. The van der Waals surface area contributed by atoms with Crippen molar-refractivity contribution in [3.05, 3.63) is 182 Å². The summed E-state index contributed by atoms with van der Waals surface area (Å²) in [4.78, 5) is 9.76. The standard InChI is InChI=1S/C42H30N2P2/c1-5-15-31(16-6-1)45(32-17-7-2-8-18-32)39-27-25-37-35(23-13-29-43-37)41(39)42-36-24-14-30-44-38(36)26-28-40(42)46(33-19-9-3-10-20-33)34-21-11-4-12-22-34/h1-30H. The van der Waals surface area contributed by atoms with Crippen molar-refractivity contribution in [3.8, 4) is 11.1 Å². The van der Waals surface area contributed by atoms with Crippen LogP contribution in [0.1, 0.15) is 0 Å². The van der Waals surface area contributed by atoms with Gasteiger partial charge in [-0.25, -0.2) is 0 Å². The monoisotopic (exact) mass is 624 g/mol. The van der Waals surface area contributed by atoms with Crippen LogP contribution in [0.25, 0.3) is 32.9 Å². The van der Waals surface area contributed by atoms with Gasteiger partial charge in [-0.05, 0) is 71.9 Å². The first kappa shape index (κ1) is 28.5. The molecule has 2 aromatic heterocycles. The van der Waals surface area contributed by atoms with Crippen molar-refractivity contribution in [3.63, 3.8) is 0 Å². The van der Waals surface area contributed by atoms with E-state index in [1.54, 1.807) is 0 Å². The molecule has 0 atom stereocenters. The van der Waals surface area contributed by atoms with Gasteiger partial charge in [-0.15, -0.1) is 0 Å². The Morgan fingerprint density at radius 2 is 0.630 bits per heavy atom. The van der Waals surface area contributed by atoms with Crippen LogP contribution in [0.15, 0.2) is 182 Å². The lowest BCUT2D eigenvalue weighted by molar-refractivity contribution is 1.41. The molecule has 2 heterocycles. The molecule has 0 saturated carbocycles.